The summed E-state index contributed by atoms with van der Waals surface area (Å²) in [4.78, 5) is 16.7. The fourth-order valence-electron chi connectivity index (χ4n) is 2.71. The maximum absolute atomic E-state index is 12.4. The minimum Gasteiger partial charge on any atom is -0.341 e. The Morgan fingerprint density at radius 1 is 1.41 bits per heavy atom. The molecule has 98 valence electrons. The van der Waals surface area contributed by atoms with Gasteiger partial charge in [0, 0.05) is 31.6 Å². The van der Waals surface area contributed by atoms with Gasteiger partial charge in [0.2, 0.25) is 5.91 Å². The van der Waals surface area contributed by atoms with Crippen LogP contribution >= 0.6 is 12.6 Å². The minimum absolute atomic E-state index is 0.0506. The SMILES string of the molecule is CCNCN1C[C@@H](S)C[C@H]1C(=O)N1CCCC1. The Morgan fingerprint density at radius 3 is 2.76 bits per heavy atom. The molecule has 2 heterocycles. The molecule has 2 fully saturated rings. The second-order valence-corrected chi connectivity index (χ2v) is 5.70. The number of rotatable bonds is 4. The minimum atomic E-state index is 0.0506. The van der Waals surface area contributed by atoms with E-state index < -0.39 is 0 Å². The Bertz CT molecular complexity index is 268. The molecule has 17 heavy (non-hydrogen) atoms. The molecule has 5 heteroatoms. The molecular formula is C12H23N3OS. The van der Waals surface area contributed by atoms with E-state index in [2.05, 4.69) is 29.8 Å². The number of hydrogen-bond donors (Lipinski definition) is 2. The maximum atomic E-state index is 12.4. The second kappa shape index (κ2) is 6.07. The predicted octanol–water partition coefficient (Wildman–Crippen LogP) is 0.548. The molecule has 1 N–H and O–H groups in total. The zero-order chi connectivity index (χ0) is 12.3. The molecule has 2 aliphatic rings. The van der Waals surface area contributed by atoms with Crippen LogP contribution in [0.1, 0.15) is 26.2 Å². The summed E-state index contributed by atoms with van der Waals surface area (Å²) in [5.41, 5.74) is 0. The molecule has 2 rings (SSSR count). The lowest BCUT2D eigenvalue weighted by atomic mass is 10.2. The van der Waals surface area contributed by atoms with Gasteiger partial charge in [0.25, 0.3) is 0 Å². The van der Waals surface area contributed by atoms with Crippen molar-refractivity contribution in [3.63, 3.8) is 0 Å². The first-order chi connectivity index (χ1) is 8.22. The Hall–Kier alpha value is -0.260. The lowest BCUT2D eigenvalue weighted by molar-refractivity contribution is -0.135. The smallest absolute Gasteiger partial charge is 0.240 e. The Kier molecular flexibility index (Phi) is 4.70. The number of thiol groups is 1. The molecular weight excluding hydrogens is 234 g/mol. The van der Waals surface area contributed by atoms with Gasteiger partial charge in [-0.05, 0) is 25.8 Å². The fourth-order valence-corrected chi connectivity index (χ4v) is 3.12. The van der Waals surface area contributed by atoms with Crippen LogP contribution in [-0.4, -0.2) is 59.8 Å². The third-order valence-electron chi connectivity index (χ3n) is 3.65. The van der Waals surface area contributed by atoms with E-state index in [1.54, 1.807) is 0 Å². The van der Waals surface area contributed by atoms with Crippen molar-refractivity contribution in [2.75, 3.05) is 32.8 Å². The highest BCUT2D eigenvalue weighted by atomic mass is 32.1. The van der Waals surface area contributed by atoms with Crippen LogP contribution in [0.5, 0.6) is 0 Å². The zero-order valence-corrected chi connectivity index (χ0v) is 11.5. The van der Waals surface area contributed by atoms with Crippen LogP contribution < -0.4 is 5.32 Å². The van der Waals surface area contributed by atoms with E-state index in [9.17, 15) is 4.79 Å². The van der Waals surface area contributed by atoms with E-state index >= 15 is 0 Å². The molecule has 0 aromatic carbocycles. The average Bonchev–Trinajstić information content (AvgIpc) is 2.94. The van der Waals surface area contributed by atoms with E-state index in [0.717, 1.165) is 52.1 Å². The van der Waals surface area contributed by atoms with Gasteiger partial charge in [-0.15, -0.1) is 0 Å². The predicted molar refractivity (Wildman–Crippen MR) is 72.2 cm³/mol. The summed E-state index contributed by atoms with van der Waals surface area (Å²) in [5, 5.41) is 3.65. The fraction of sp³-hybridized carbons (Fsp3) is 0.917. The maximum Gasteiger partial charge on any atom is 0.240 e. The monoisotopic (exact) mass is 257 g/mol. The van der Waals surface area contributed by atoms with E-state index in [4.69, 9.17) is 0 Å². The average molecular weight is 257 g/mol. The first-order valence-corrected chi connectivity index (χ1v) is 7.15. The molecule has 0 radical (unpaired) electrons. The summed E-state index contributed by atoms with van der Waals surface area (Å²) in [6.07, 6.45) is 3.22. The standard InChI is InChI=1S/C12H23N3OS/c1-2-13-9-15-8-10(17)7-11(15)12(16)14-5-3-4-6-14/h10-11,13,17H,2-9H2,1H3/t10-,11-/m0/s1. The number of amides is 1. The van der Waals surface area contributed by atoms with E-state index in [0.29, 0.717) is 11.2 Å². The highest BCUT2D eigenvalue weighted by molar-refractivity contribution is 7.81. The number of nitrogens with zero attached hydrogens (tertiary/aromatic N) is 2. The molecule has 1 amide bonds. The van der Waals surface area contributed by atoms with Crippen LogP contribution in [0.15, 0.2) is 0 Å². The quantitative estimate of drug-likeness (QED) is 0.722. The van der Waals surface area contributed by atoms with Crippen LogP contribution in [0.3, 0.4) is 0 Å². The normalized spacial score (nSPS) is 30.1. The van der Waals surface area contributed by atoms with E-state index in [1.165, 1.54) is 0 Å². The molecule has 0 aliphatic carbocycles. The highest BCUT2D eigenvalue weighted by Crippen LogP contribution is 2.24. The number of nitrogens with one attached hydrogen (secondary N) is 1. The first-order valence-electron chi connectivity index (χ1n) is 6.64. The van der Waals surface area contributed by atoms with Gasteiger partial charge in [0.05, 0.1) is 6.04 Å². The molecule has 0 spiro atoms. The summed E-state index contributed by atoms with van der Waals surface area (Å²) >= 11 is 4.53. The molecule has 2 aliphatic heterocycles. The largest absolute Gasteiger partial charge is 0.341 e. The van der Waals surface area contributed by atoms with Crippen molar-refractivity contribution in [1.29, 1.82) is 0 Å². The molecule has 0 unspecified atom stereocenters. The van der Waals surface area contributed by atoms with Gasteiger partial charge in [-0.1, -0.05) is 6.92 Å². The van der Waals surface area contributed by atoms with Gasteiger partial charge in [-0.3, -0.25) is 9.69 Å². The van der Waals surface area contributed by atoms with Gasteiger partial charge < -0.3 is 10.2 Å². The Morgan fingerprint density at radius 2 is 2.12 bits per heavy atom. The first kappa shape index (κ1) is 13.2. The number of likely N-dealkylation sites (tertiary alicyclic amines) is 2. The van der Waals surface area contributed by atoms with Crippen LogP contribution in [0.2, 0.25) is 0 Å². The summed E-state index contributed by atoms with van der Waals surface area (Å²) in [6, 6.07) is 0.0506. The molecule has 0 aromatic rings. The van der Waals surface area contributed by atoms with Crippen molar-refractivity contribution < 1.29 is 4.79 Å². The molecule has 0 bridgehead atoms. The third-order valence-corrected chi connectivity index (χ3v) is 4.02. The molecule has 2 atom stereocenters. The zero-order valence-electron chi connectivity index (χ0n) is 10.6. The van der Waals surface area contributed by atoms with Crippen LogP contribution in [0.4, 0.5) is 0 Å². The van der Waals surface area contributed by atoms with Crippen molar-refractivity contribution in [1.82, 2.24) is 15.1 Å². The lowest BCUT2D eigenvalue weighted by Crippen LogP contribution is -2.47. The van der Waals surface area contributed by atoms with Gasteiger partial charge in [-0.2, -0.15) is 12.6 Å². The van der Waals surface area contributed by atoms with Crippen molar-refractivity contribution >= 4 is 18.5 Å². The molecule has 0 saturated carbocycles. The Balaban J connectivity index is 1.93. The topological polar surface area (TPSA) is 35.6 Å². The summed E-state index contributed by atoms with van der Waals surface area (Å²) in [6.45, 7) is 6.64. The van der Waals surface area contributed by atoms with E-state index in [1.807, 2.05) is 4.90 Å². The van der Waals surface area contributed by atoms with Crippen LogP contribution in [0, 0.1) is 0 Å². The van der Waals surface area contributed by atoms with E-state index in [-0.39, 0.29) is 6.04 Å². The van der Waals surface area contributed by atoms with Gasteiger partial charge in [-0.25, -0.2) is 0 Å². The number of carbonyl (C=O) groups excluding carboxylic acids is 1. The Labute approximate surface area is 109 Å². The van der Waals surface area contributed by atoms with Gasteiger partial charge in [0.1, 0.15) is 0 Å². The lowest BCUT2D eigenvalue weighted by Gasteiger charge is -2.27. The van der Waals surface area contributed by atoms with Crippen molar-refractivity contribution in [3.05, 3.63) is 0 Å². The number of carbonyl (C=O) groups is 1. The molecule has 2 saturated heterocycles. The third kappa shape index (κ3) is 3.14. The molecule has 4 nitrogen and oxygen atoms in total. The second-order valence-electron chi connectivity index (χ2n) is 4.97. The van der Waals surface area contributed by atoms with Crippen LogP contribution in [0.25, 0.3) is 0 Å². The highest BCUT2D eigenvalue weighted by Gasteiger charge is 2.37. The van der Waals surface area contributed by atoms with Crippen molar-refractivity contribution in [3.8, 4) is 0 Å². The van der Waals surface area contributed by atoms with Gasteiger partial charge in [0.15, 0.2) is 0 Å². The molecule has 0 aromatic heterocycles. The summed E-state index contributed by atoms with van der Waals surface area (Å²) in [5.74, 6) is 0.317. The summed E-state index contributed by atoms with van der Waals surface area (Å²) in [7, 11) is 0. The van der Waals surface area contributed by atoms with Gasteiger partial charge >= 0.3 is 0 Å². The van der Waals surface area contributed by atoms with Crippen molar-refractivity contribution in [2.24, 2.45) is 0 Å². The van der Waals surface area contributed by atoms with Crippen LogP contribution in [-0.2, 0) is 4.79 Å². The van der Waals surface area contributed by atoms with Crippen molar-refractivity contribution in [2.45, 2.75) is 37.5 Å². The number of hydrogen-bond acceptors (Lipinski definition) is 4. The summed E-state index contributed by atoms with van der Waals surface area (Å²) < 4.78 is 0.